The predicted molar refractivity (Wildman–Crippen MR) is 150 cm³/mol. The van der Waals surface area contributed by atoms with Crippen LogP contribution in [0, 0.1) is 0 Å². The minimum atomic E-state index is -1.23. The van der Waals surface area contributed by atoms with E-state index in [4.69, 9.17) is 21.7 Å². The van der Waals surface area contributed by atoms with Crippen molar-refractivity contribution < 1.29 is 39.0 Å². The summed E-state index contributed by atoms with van der Waals surface area (Å²) in [5.74, 6) is -3.11. The average Bonchev–Trinajstić information content (AvgIpc) is 3.79. The number of hydrogen-bond acceptors (Lipinski definition) is 8. The molecule has 4 amide bonds. The van der Waals surface area contributed by atoms with Crippen LogP contribution in [0.2, 0.25) is 0 Å². The van der Waals surface area contributed by atoms with E-state index in [0.717, 1.165) is 51.6 Å². The van der Waals surface area contributed by atoms with E-state index in [1.165, 1.54) is 24.3 Å². The highest BCUT2D eigenvalue weighted by Crippen LogP contribution is 2.21. The molecule has 4 atom stereocenters. The van der Waals surface area contributed by atoms with Crippen molar-refractivity contribution in [1.82, 2.24) is 20.4 Å². The van der Waals surface area contributed by atoms with Crippen molar-refractivity contribution in [3.05, 3.63) is 35.4 Å². The van der Waals surface area contributed by atoms with Crippen LogP contribution in [0.3, 0.4) is 0 Å². The van der Waals surface area contributed by atoms with Crippen molar-refractivity contribution in [2.45, 2.75) is 75.5 Å². The average molecular weight is 589 g/mol. The third kappa shape index (κ3) is 8.26. The molecule has 0 saturated carbocycles. The molecular weight excluding hydrogens is 548 g/mol. The summed E-state index contributed by atoms with van der Waals surface area (Å²) < 4.78 is 0. The minimum absolute atomic E-state index is 0.0498. The molecule has 5 rings (SSSR count). The lowest BCUT2D eigenvalue weighted by Gasteiger charge is -2.25. The number of primary amides is 2. The van der Waals surface area contributed by atoms with E-state index in [-0.39, 0.29) is 58.9 Å². The van der Waals surface area contributed by atoms with Gasteiger partial charge in [0.2, 0.25) is 23.6 Å². The molecule has 0 aliphatic carbocycles. The van der Waals surface area contributed by atoms with Crippen LogP contribution in [0.5, 0.6) is 0 Å². The standard InChI is InChI=1S/2C10H17N3O2.C8H6O4/c2*11-9(14)8-4-2-6-13(8)10(15)7-3-1-5-12-7;9-7(10)5-3-1-2-4-6(5)8(11)12/h2*7-8,12H,1-6H2,(H2,11,14);1-4H,(H,9,10)(H,11,12)/t2*7-,8?;/m00./s1. The zero-order valence-corrected chi connectivity index (χ0v) is 23.5. The summed E-state index contributed by atoms with van der Waals surface area (Å²) in [6.45, 7) is 3.13. The van der Waals surface area contributed by atoms with Gasteiger partial charge in [-0.2, -0.15) is 0 Å². The van der Waals surface area contributed by atoms with Gasteiger partial charge in [0.05, 0.1) is 23.2 Å². The van der Waals surface area contributed by atoms with E-state index in [1.807, 2.05) is 0 Å². The number of carboxylic acid groups (broad SMARTS) is 2. The van der Waals surface area contributed by atoms with Gasteiger partial charge in [-0.1, -0.05) is 12.1 Å². The predicted octanol–water partition coefficient (Wildman–Crippen LogP) is -0.488. The molecule has 1 aromatic carbocycles. The van der Waals surface area contributed by atoms with Gasteiger partial charge < -0.3 is 42.1 Å². The maximum absolute atomic E-state index is 12.0. The van der Waals surface area contributed by atoms with E-state index in [1.54, 1.807) is 9.80 Å². The van der Waals surface area contributed by atoms with Crippen LogP contribution in [0.4, 0.5) is 0 Å². The molecule has 42 heavy (non-hydrogen) atoms. The van der Waals surface area contributed by atoms with Gasteiger partial charge in [-0.05, 0) is 76.6 Å². The molecule has 230 valence electrons. The number of carbonyl (C=O) groups excluding carboxylic acids is 4. The van der Waals surface area contributed by atoms with Crippen molar-refractivity contribution in [2.24, 2.45) is 11.5 Å². The zero-order valence-electron chi connectivity index (χ0n) is 23.5. The number of aromatic carboxylic acids is 2. The molecule has 8 N–H and O–H groups in total. The third-order valence-corrected chi connectivity index (χ3v) is 7.83. The Labute approximate surface area is 243 Å². The Bertz CT molecular complexity index is 1080. The first-order valence-corrected chi connectivity index (χ1v) is 14.2. The summed E-state index contributed by atoms with van der Waals surface area (Å²) in [6.07, 6.45) is 7.01. The zero-order chi connectivity index (χ0) is 30.8. The van der Waals surface area contributed by atoms with Gasteiger partial charge in [0.25, 0.3) is 0 Å². The van der Waals surface area contributed by atoms with E-state index >= 15 is 0 Å². The number of nitrogens with one attached hydrogen (secondary N) is 2. The lowest BCUT2D eigenvalue weighted by Crippen LogP contribution is -2.49. The van der Waals surface area contributed by atoms with Gasteiger partial charge in [-0.3, -0.25) is 19.2 Å². The highest BCUT2D eigenvalue weighted by atomic mass is 16.4. The van der Waals surface area contributed by atoms with Crippen LogP contribution in [-0.2, 0) is 19.2 Å². The second-order valence-corrected chi connectivity index (χ2v) is 10.6. The van der Waals surface area contributed by atoms with Crippen molar-refractivity contribution in [2.75, 3.05) is 26.2 Å². The fraction of sp³-hybridized carbons (Fsp3) is 0.571. The van der Waals surface area contributed by atoms with E-state index < -0.39 is 11.9 Å². The lowest BCUT2D eigenvalue weighted by atomic mass is 10.1. The quantitative estimate of drug-likeness (QED) is 0.250. The number of benzene rings is 1. The number of hydrogen-bond donors (Lipinski definition) is 6. The molecule has 4 heterocycles. The Morgan fingerprint density at radius 2 is 1.02 bits per heavy atom. The summed E-state index contributed by atoms with van der Waals surface area (Å²) in [5.41, 5.74) is 10.2. The summed E-state index contributed by atoms with van der Waals surface area (Å²) in [5, 5.41) is 23.4. The molecule has 2 unspecified atom stereocenters. The maximum Gasteiger partial charge on any atom is 0.336 e. The van der Waals surface area contributed by atoms with Crippen molar-refractivity contribution in [3.8, 4) is 0 Å². The Hall–Kier alpha value is -4.04. The molecule has 4 saturated heterocycles. The largest absolute Gasteiger partial charge is 0.478 e. The Morgan fingerprint density at radius 3 is 1.31 bits per heavy atom. The molecule has 1 aromatic rings. The molecule has 4 aliphatic heterocycles. The molecule has 4 fully saturated rings. The van der Waals surface area contributed by atoms with Crippen LogP contribution in [-0.4, -0.2) is 106 Å². The normalized spacial score (nSPS) is 24.7. The third-order valence-electron chi connectivity index (χ3n) is 7.83. The fourth-order valence-corrected chi connectivity index (χ4v) is 5.70. The monoisotopic (exact) mass is 588 g/mol. The molecule has 0 aromatic heterocycles. The van der Waals surface area contributed by atoms with Crippen molar-refractivity contribution in [3.63, 3.8) is 0 Å². The van der Waals surface area contributed by atoms with Gasteiger partial charge in [0.15, 0.2) is 0 Å². The van der Waals surface area contributed by atoms with Gasteiger partial charge >= 0.3 is 11.9 Å². The Morgan fingerprint density at radius 1 is 0.643 bits per heavy atom. The number of likely N-dealkylation sites (tertiary alicyclic amines) is 2. The van der Waals surface area contributed by atoms with E-state index in [0.29, 0.717) is 25.9 Å². The second kappa shape index (κ2) is 15.3. The second-order valence-electron chi connectivity index (χ2n) is 10.6. The van der Waals surface area contributed by atoms with Gasteiger partial charge in [-0.15, -0.1) is 0 Å². The molecule has 14 heteroatoms. The number of carboxylic acids is 2. The van der Waals surface area contributed by atoms with Gasteiger partial charge in [0.1, 0.15) is 12.1 Å². The highest BCUT2D eigenvalue weighted by Gasteiger charge is 2.37. The Balaban J connectivity index is 0.000000174. The van der Waals surface area contributed by atoms with Gasteiger partial charge in [0, 0.05) is 13.1 Å². The lowest BCUT2D eigenvalue weighted by molar-refractivity contribution is -0.138. The first kappa shape index (κ1) is 32.5. The molecule has 0 radical (unpaired) electrons. The van der Waals surface area contributed by atoms with Crippen molar-refractivity contribution >= 4 is 35.6 Å². The van der Waals surface area contributed by atoms with Crippen LogP contribution in [0.1, 0.15) is 72.1 Å². The van der Waals surface area contributed by atoms with E-state index in [2.05, 4.69) is 10.6 Å². The Kier molecular flexibility index (Phi) is 11.8. The SMILES string of the molecule is NC(=O)C1CCCN1C(=O)[C@@H]1CCCN1.NC(=O)C1CCCN1C(=O)[C@@H]1CCCN1.O=C(O)c1ccccc1C(=O)O. The molecule has 14 nitrogen and oxygen atoms in total. The summed E-state index contributed by atoms with van der Waals surface area (Å²) in [6, 6.07) is 4.54. The smallest absolute Gasteiger partial charge is 0.336 e. The first-order chi connectivity index (χ1) is 20.0. The number of rotatable bonds is 6. The minimum Gasteiger partial charge on any atom is -0.478 e. The molecule has 4 aliphatic rings. The summed E-state index contributed by atoms with van der Waals surface area (Å²) >= 11 is 0. The summed E-state index contributed by atoms with van der Waals surface area (Å²) in [7, 11) is 0. The number of carbonyl (C=O) groups is 6. The number of nitrogens with zero attached hydrogens (tertiary/aromatic N) is 2. The van der Waals surface area contributed by atoms with Gasteiger partial charge in [-0.25, -0.2) is 9.59 Å². The maximum atomic E-state index is 12.0. The molecule has 0 spiro atoms. The summed E-state index contributed by atoms with van der Waals surface area (Å²) in [4.78, 5) is 70.5. The van der Waals surface area contributed by atoms with Crippen molar-refractivity contribution in [1.29, 1.82) is 0 Å². The molecular formula is C28H40N6O8. The molecule has 0 bridgehead atoms. The van der Waals surface area contributed by atoms with E-state index in [9.17, 15) is 28.8 Å². The van der Waals surface area contributed by atoms with Crippen LogP contribution >= 0.6 is 0 Å². The fourth-order valence-electron chi connectivity index (χ4n) is 5.70. The van der Waals surface area contributed by atoms with Crippen LogP contribution < -0.4 is 22.1 Å². The first-order valence-electron chi connectivity index (χ1n) is 14.2. The van der Waals surface area contributed by atoms with Crippen LogP contribution in [0.15, 0.2) is 24.3 Å². The highest BCUT2D eigenvalue weighted by molar-refractivity contribution is 6.01. The topological polar surface area (TPSA) is 225 Å². The number of nitrogens with two attached hydrogens (primary N) is 2. The van der Waals surface area contributed by atoms with Crippen LogP contribution in [0.25, 0.3) is 0 Å². The number of amides is 4.